The topological polar surface area (TPSA) is 15.3 Å². The summed E-state index contributed by atoms with van der Waals surface area (Å²) in [6, 6.07) is 0.751. The molecule has 0 amide bonds. The van der Waals surface area contributed by atoms with Crippen LogP contribution in [-0.2, 0) is 0 Å². The van der Waals surface area contributed by atoms with E-state index in [0.717, 1.165) is 6.04 Å². The van der Waals surface area contributed by atoms with Gasteiger partial charge < -0.3 is 10.2 Å². The molecule has 1 aliphatic rings. The van der Waals surface area contributed by atoms with Crippen LogP contribution in [0.4, 0.5) is 0 Å². The van der Waals surface area contributed by atoms with Crippen molar-refractivity contribution in [1.82, 2.24) is 10.2 Å². The highest BCUT2D eigenvalue weighted by Gasteiger charge is 2.19. The van der Waals surface area contributed by atoms with E-state index in [1.807, 2.05) is 11.8 Å². The minimum atomic E-state index is 0.751. The Morgan fingerprint density at radius 2 is 2.21 bits per heavy atom. The molecule has 1 saturated heterocycles. The van der Waals surface area contributed by atoms with E-state index in [1.165, 1.54) is 51.1 Å². The Morgan fingerprint density at radius 1 is 1.36 bits per heavy atom. The first kappa shape index (κ1) is 12.3. The van der Waals surface area contributed by atoms with Gasteiger partial charge in [-0.25, -0.2) is 0 Å². The zero-order valence-corrected chi connectivity index (χ0v) is 10.4. The van der Waals surface area contributed by atoms with Crippen molar-refractivity contribution in [3.8, 4) is 0 Å². The van der Waals surface area contributed by atoms with Gasteiger partial charge >= 0.3 is 0 Å². The van der Waals surface area contributed by atoms with Crippen molar-refractivity contribution in [2.45, 2.75) is 31.7 Å². The van der Waals surface area contributed by atoms with E-state index in [2.05, 4.69) is 23.5 Å². The summed E-state index contributed by atoms with van der Waals surface area (Å²) >= 11 is 1.96. The molecule has 0 saturated carbocycles. The van der Waals surface area contributed by atoms with Gasteiger partial charge in [0.25, 0.3) is 0 Å². The smallest absolute Gasteiger partial charge is 0.0204 e. The van der Waals surface area contributed by atoms with E-state index in [0.29, 0.717) is 0 Å². The van der Waals surface area contributed by atoms with Gasteiger partial charge in [-0.1, -0.05) is 6.42 Å². The van der Waals surface area contributed by atoms with Crippen LogP contribution in [0.25, 0.3) is 0 Å². The number of unbranched alkanes of at least 4 members (excludes halogenated alkanes) is 2. The summed E-state index contributed by atoms with van der Waals surface area (Å²) in [6.45, 7) is 3.87. The Balaban J connectivity index is 1.92. The van der Waals surface area contributed by atoms with Crippen molar-refractivity contribution in [2.24, 2.45) is 0 Å². The molecule has 3 heteroatoms. The first-order valence-corrected chi connectivity index (χ1v) is 7.14. The summed E-state index contributed by atoms with van der Waals surface area (Å²) in [7, 11) is 2.08. The number of nitrogens with zero attached hydrogens (tertiary/aromatic N) is 1. The summed E-state index contributed by atoms with van der Waals surface area (Å²) < 4.78 is 0. The molecule has 0 aliphatic carbocycles. The van der Waals surface area contributed by atoms with E-state index in [9.17, 15) is 0 Å². The molecule has 1 heterocycles. The van der Waals surface area contributed by atoms with Gasteiger partial charge in [0.05, 0.1) is 0 Å². The van der Waals surface area contributed by atoms with Crippen molar-refractivity contribution in [1.29, 1.82) is 0 Å². The molecule has 1 N–H and O–H groups in total. The minimum Gasteiger partial charge on any atom is -0.316 e. The van der Waals surface area contributed by atoms with Crippen LogP contribution in [0.1, 0.15) is 25.7 Å². The standard InChI is InChI=1S/C11H24N2S/c1-12-11-6-8-13(10-11)7-4-3-5-9-14-2/h11-12H,3-10H2,1-2H3. The summed E-state index contributed by atoms with van der Waals surface area (Å²) in [6.07, 6.45) is 7.71. The third-order valence-corrected chi connectivity index (χ3v) is 3.70. The molecule has 84 valence electrons. The third-order valence-electron chi connectivity index (χ3n) is 3.00. The van der Waals surface area contributed by atoms with E-state index in [4.69, 9.17) is 0 Å². The average molecular weight is 216 g/mol. The summed E-state index contributed by atoms with van der Waals surface area (Å²) in [5.41, 5.74) is 0. The molecule has 0 aromatic rings. The van der Waals surface area contributed by atoms with Crippen LogP contribution in [0.3, 0.4) is 0 Å². The molecule has 0 aromatic carbocycles. The maximum atomic E-state index is 3.36. The summed E-state index contributed by atoms with van der Waals surface area (Å²) in [4.78, 5) is 2.60. The third kappa shape index (κ3) is 4.67. The van der Waals surface area contributed by atoms with Crippen LogP contribution in [0.5, 0.6) is 0 Å². The van der Waals surface area contributed by atoms with Crippen molar-refractivity contribution >= 4 is 11.8 Å². The van der Waals surface area contributed by atoms with Crippen LogP contribution < -0.4 is 5.32 Å². The Kier molecular flexibility index (Phi) is 6.65. The van der Waals surface area contributed by atoms with E-state index < -0.39 is 0 Å². The molecule has 1 unspecified atom stereocenters. The molecule has 1 atom stereocenters. The summed E-state index contributed by atoms with van der Waals surface area (Å²) in [5, 5.41) is 3.36. The van der Waals surface area contributed by atoms with Crippen LogP contribution in [-0.4, -0.2) is 49.6 Å². The van der Waals surface area contributed by atoms with Crippen molar-refractivity contribution in [3.63, 3.8) is 0 Å². The highest BCUT2D eigenvalue weighted by Crippen LogP contribution is 2.10. The van der Waals surface area contributed by atoms with Gasteiger partial charge in [0, 0.05) is 12.6 Å². The minimum absolute atomic E-state index is 0.751. The molecule has 14 heavy (non-hydrogen) atoms. The lowest BCUT2D eigenvalue weighted by Gasteiger charge is -2.15. The molecule has 2 nitrogen and oxygen atoms in total. The van der Waals surface area contributed by atoms with Crippen molar-refractivity contribution < 1.29 is 0 Å². The number of hydrogen-bond acceptors (Lipinski definition) is 3. The normalized spacial score (nSPS) is 23.1. The second-order valence-corrected chi connectivity index (χ2v) is 5.11. The highest BCUT2D eigenvalue weighted by atomic mass is 32.2. The van der Waals surface area contributed by atoms with E-state index in [1.54, 1.807) is 0 Å². The SMILES string of the molecule is CNC1CCN(CCCCCSC)C1. The largest absolute Gasteiger partial charge is 0.316 e. The van der Waals surface area contributed by atoms with Crippen LogP contribution in [0.2, 0.25) is 0 Å². The van der Waals surface area contributed by atoms with Crippen molar-refractivity contribution in [2.75, 3.05) is 38.7 Å². The fourth-order valence-electron chi connectivity index (χ4n) is 2.03. The second kappa shape index (κ2) is 7.55. The number of nitrogens with one attached hydrogen (secondary N) is 1. The van der Waals surface area contributed by atoms with Gasteiger partial charge in [-0.15, -0.1) is 0 Å². The maximum absolute atomic E-state index is 3.36. The molecule has 0 spiro atoms. The van der Waals surface area contributed by atoms with E-state index >= 15 is 0 Å². The zero-order chi connectivity index (χ0) is 10.2. The Morgan fingerprint density at radius 3 is 2.86 bits per heavy atom. The quantitative estimate of drug-likeness (QED) is 0.654. The fourth-order valence-corrected chi connectivity index (χ4v) is 2.52. The number of thioether (sulfide) groups is 1. The number of rotatable bonds is 7. The molecule has 0 radical (unpaired) electrons. The highest BCUT2D eigenvalue weighted by molar-refractivity contribution is 7.98. The van der Waals surface area contributed by atoms with Crippen molar-refractivity contribution in [3.05, 3.63) is 0 Å². The molecule has 1 fully saturated rings. The molecule has 1 aliphatic heterocycles. The second-order valence-electron chi connectivity index (χ2n) is 4.13. The fraction of sp³-hybridized carbons (Fsp3) is 1.00. The molecule has 1 rings (SSSR count). The lowest BCUT2D eigenvalue weighted by molar-refractivity contribution is 0.321. The van der Waals surface area contributed by atoms with E-state index in [-0.39, 0.29) is 0 Å². The van der Waals surface area contributed by atoms with Gasteiger partial charge in [0.1, 0.15) is 0 Å². The van der Waals surface area contributed by atoms with Crippen LogP contribution in [0.15, 0.2) is 0 Å². The van der Waals surface area contributed by atoms with Gasteiger partial charge in [-0.3, -0.25) is 0 Å². The van der Waals surface area contributed by atoms with Crippen LogP contribution >= 0.6 is 11.8 Å². The molecule has 0 aromatic heterocycles. The lowest BCUT2D eigenvalue weighted by Crippen LogP contribution is -2.30. The predicted octanol–water partition coefficient (Wildman–Crippen LogP) is 1.81. The number of likely N-dealkylation sites (N-methyl/N-ethyl adjacent to an activating group) is 1. The van der Waals surface area contributed by atoms with Gasteiger partial charge in [0.2, 0.25) is 0 Å². The molecule has 0 bridgehead atoms. The molecular formula is C11H24N2S. The van der Waals surface area contributed by atoms with Gasteiger partial charge in [-0.05, 0) is 51.4 Å². The lowest BCUT2D eigenvalue weighted by atomic mass is 10.2. The van der Waals surface area contributed by atoms with Gasteiger partial charge in [-0.2, -0.15) is 11.8 Å². The Labute approximate surface area is 92.8 Å². The first-order valence-electron chi connectivity index (χ1n) is 5.75. The monoisotopic (exact) mass is 216 g/mol. The Bertz CT molecular complexity index is 141. The zero-order valence-electron chi connectivity index (χ0n) is 9.59. The Hall–Kier alpha value is 0.270. The number of likely N-dealkylation sites (tertiary alicyclic amines) is 1. The first-order chi connectivity index (χ1) is 6.86. The van der Waals surface area contributed by atoms with Crippen LogP contribution in [0, 0.1) is 0 Å². The van der Waals surface area contributed by atoms with Gasteiger partial charge in [0.15, 0.2) is 0 Å². The molecular weight excluding hydrogens is 192 g/mol. The predicted molar refractivity (Wildman–Crippen MR) is 66.1 cm³/mol. The number of hydrogen-bond donors (Lipinski definition) is 1. The maximum Gasteiger partial charge on any atom is 0.0204 e. The summed E-state index contributed by atoms with van der Waals surface area (Å²) in [5.74, 6) is 1.33. The average Bonchev–Trinajstić information content (AvgIpc) is 2.65.